The Morgan fingerprint density at radius 2 is 1.89 bits per heavy atom. The van der Waals surface area contributed by atoms with Gasteiger partial charge >= 0.3 is 0 Å². The van der Waals surface area contributed by atoms with Gasteiger partial charge in [0.2, 0.25) is 5.95 Å². The quantitative estimate of drug-likeness (QED) is 0.243. The number of aromatic nitrogens is 3. The fraction of sp³-hybridized carbons (Fsp3) is 0.400. The molecule has 1 aliphatic carbocycles. The van der Waals surface area contributed by atoms with Crippen molar-refractivity contribution < 1.29 is 15.3 Å². The third kappa shape index (κ3) is 4.89. The summed E-state index contributed by atoms with van der Waals surface area (Å²) in [6, 6.07) is 9.62. The van der Waals surface area contributed by atoms with Crippen LogP contribution in [0.25, 0.3) is 20.8 Å². The molecule has 184 valence electrons. The number of fused-ring (bicyclic) bond motifs is 1. The van der Waals surface area contributed by atoms with E-state index in [0.29, 0.717) is 24.7 Å². The van der Waals surface area contributed by atoms with Crippen molar-refractivity contribution in [3.8, 4) is 10.6 Å². The molecule has 1 saturated carbocycles. The van der Waals surface area contributed by atoms with E-state index >= 15 is 0 Å². The largest absolute Gasteiger partial charge is 0.396 e. The van der Waals surface area contributed by atoms with Gasteiger partial charge in [-0.15, -0.1) is 22.7 Å². The molecule has 8 nitrogen and oxygen atoms in total. The molecule has 0 aliphatic heterocycles. The zero-order valence-corrected chi connectivity index (χ0v) is 21.2. The summed E-state index contributed by atoms with van der Waals surface area (Å²) in [4.78, 5) is 15.6. The first-order chi connectivity index (χ1) is 16.9. The lowest BCUT2D eigenvalue weighted by Crippen LogP contribution is -2.35. The molecule has 10 heteroatoms. The minimum absolute atomic E-state index is 0.182. The number of hydrogen-bond acceptors (Lipinski definition) is 10. The lowest BCUT2D eigenvalue weighted by atomic mass is 10.1. The van der Waals surface area contributed by atoms with Gasteiger partial charge in [0.05, 0.1) is 33.6 Å². The van der Waals surface area contributed by atoms with Crippen molar-refractivity contribution in [3.63, 3.8) is 0 Å². The predicted octanol–water partition coefficient (Wildman–Crippen LogP) is 3.60. The third-order valence-corrected chi connectivity index (χ3v) is 8.70. The highest BCUT2D eigenvalue weighted by molar-refractivity contribution is 7.21. The molecule has 0 spiro atoms. The lowest BCUT2D eigenvalue weighted by Gasteiger charge is -2.21. The number of anilines is 2. The fourth-order valence-corrected chi connectivity index (χ4v) is 6.54. The van der Waals surface area contributed by atoms with Crippen molar-refractivity contribution in [1.82, 2.24) is 15.0 Å². The molecular weight excluding hydrogens is 482 g/mol. The van der Waals surface area contributed by atoms with Crippen LogP contribution in [0.1, 0.15) is 22.6 Å². The zero-order valence-electron chi connectivity index (χ0n) is 19.6. The first kappa shape index (κ1) is 24.1. The number of benzene rings is 1. The van der Waals surface area contributed by atoms with Gasteiger partial charge in [0, 0.05) is 23.9 Å². The summed E-state index contributed by atoms with van der Waals surface area (Å²) in [5, 5.41) is 40.1. The van der Waals surface area contributed by atoms with Crippen molar-refractivity contribution >= 4 is 44.7 Å². The summed E-state index contributed by atoms with van der Waals surface area (Å²) in [6.07, 6.45) is -0.691. The highest BCUT2D eigenvalue weighted by Crippen LogP contribution is 2.38. The lowest BCUT2D eigenvalue weighted by molar-refractivity contribution is 0.00446. The summed E-state index contributed by atoms with van der Waals surface area (Å²) < 4.78 is 1.07. The predicted molar refractivity (Wildman–Crippen MR) is 141 cm³/mol. The molecule has 1 fully saturated rings. The second kappa shape index (κ2) is 10.2. The molecule has 0 radical (unpaired) electrons. The average molecular weight is 512 g/mol. The standard InChI is InChI=1S/C25H29N5O3S2/c1-13-8-10-34-18(13)7-9-26-25-27-14(2)20(24-29-16-5-3-4-6-19(16)35-24)23(30-25)28-17-11-15(12-31)21(32)22(17)33/h3-6,8,10,15,17,21-22,31-33H,7,9,11-12H2,1-2H3,(H2,26,27,28,30)/t15-,17?,21-,22+/m1/s1. The van der Waals surface area contributed by atoms with Crippen LogP contribution in [0.15, 0.2) is 35.7 Å². The molecular formula is C25H29N5O3S2. The number of rotatable bonds is 8. The van der Waals surface area contributed by atoms with E-state index in [2.05, 4.69) is 29.0 Å². The Hall–Kier alpha value is -2.63. The molecule has 5 rings (SSSR count). The fourth-order valence-electron chi connectivity index (χ4n) is 4.56. The van der Waals surface area contributed by atoms with Crippen LogP contribution in [0.4, 0.5) is 11.8 Å². The van der Waals surface area contributed by atoms with Crippen molar-refractivity contribution in [1.29, 1.82) is 0 Å². The number of hydrogen-bond donors (Lipinski definition) is 5. The van der Waals surface area contributed by atoms with Crippen LogP contribution in [0.5, 0.6) is 0 Å². The van der Waals surface area contributed by atoms with Gasteiger partial charge in [-0.1, -0.05) is 12.1 Å². The van der Waals surface area contributed by atoms with Gasteiger partial charge < -0.3 is 26.0 Å². The van der Waals surface area contributed by atoms with Crippen LogP contribution in [-0.2, 0) is 6.42 Å². The number of aliphatic hydroxyl groups excluding tert-OH is 3. The molecule has 1 unspecified atom stereocenters. The summed E-state index contributed by atoms with van der Waals surface area (Å²) in [6.45, 7) is 4.55. The molecule has 0 saturated heterocycles. The van der Waals surface area contributed by atoms with E-state index in [4.69, 9.17) is 15.0 Å². The molecule has 5 N–H and O–H groups in total. The van der Waals surface area contributed by atoms with E-state index in [1.54, 1.807) is 22.7 Å². The number of nitrogens with one attached hydrogen (secondary N) is 2. The highest BCUT2D eigenvalue weighted by atomic mass is 32.1. The molecule has 1 aliphatic rings. The Balaban J connectivity index is 1.47. The van der Waals surface area contributed by atoms with Crippen LogP contribution in [0, 0.1) is 19.8 Å². The number of aryl methyl sites for hydroxylation is 2. The summed E-state index contributed by atoms with van der Waals surface area (Å²) >= 11 is 3.31. The van der Waals surface area contributed by atoms with Gasteiger partial charge in [0.25, 0.3) is 0 Å². The number of thiophene rings is 1. The highest BCUT2D eigenvalue weighted by Gasteiger charge is 2.41. The van der Waals surface area contributed by atoms with E-state index < -0.39 is 18.2 Å². The van der Waals surface area contributed by atoms with E-state index in [1.165, 1.54) is 10.4 Å². The summed E-state index contributed by atoms with van der Waals surface area (Å²) in [5.74, 6) is 0.667. The van der Waals surface area contributed by atoms with Crippen LogP contribution < -0.4 is 10.6 Å². The van der Waals surface area contributed by atoms with Gasteiger partial charge in [0.1, 0.15) is 16.9 Å². The third-order valence-electron chi connectivity index (χ3n) is 6.56. The van der Waals surface area contributed by atoms with E-state index in [9.17, 15) is 15.3 Å². The van der Waals surface area contributed by atoms with Crippen LogP contribution in [0.2, 0.25) is 0 Å². The second-order valence-electron chi connectivity index (χ2n) is 8.96. The normalized spacial score (nSPS) is 22.1. The number of aliphatic hydroxyl groups is 3. The second-order valence-corrected chi connectivity index (χ2v) is 11.0. The minimum Gasteiger partial charge on any atom is -0.396 e. The topological polar surface area (TPSA) is 123 Å². The maximum atomic E-state index is 10.6. The van der Waals surface area contributed by atoms with E-state index in [-0.39, 0.29) is 12.5 Å². The van der Waals surface area contributed by atoms with Crippen molar-refractivity contribution in [2.24, 2.45) is 5.92 Å². The summed E-state index contributed by atoms with van der Waals surface area (Å²) in [7, 11) is 0. The monoisotopic (exact) mass is 511 g/mol. The zero-order chi connectivity index (χ0) is 24.5. The van der Waals surface area contributed by atoms with Crippen LogP contribution >= 0.6 is 22.7 Å². The minimum atomic E-state index is -1.01. The van der Waals surface area contributed by atoms with Gasteiger partial charge in [-0.3, -0.25) is 0 Å². The van der Waals surface area contributed by atoms with E-state index in [0.717, 1.165) is 32.9 Å². The van der Waals surface area contributed by atoms with Crippen LogP contribution in [-0.4, -0.2) is 61.7 Å². The van der Waals surface area contributed by atoms with Gasteiger partial charge in [-0.25, -0.2) is 9.97 Å². The van der Waals surface area contributed by atoms with Crippen LogP contribution in [0.3, 0.4) is 0 Å². The first-order valence-corrected chi connectivity index (χ1v) is 13.4. The maximum absolute atomic E-state index is 10.6. The maximum Gasteiger partial charge on any atom is 0.224 e. The van der Waals surface area contributed by atoms with Gasteiger partial charge in [-0.2, -0.15) is 4.98 Å². The van der Waals surface area contributed by atoms with Crippen molar-refractivity contribution in [2.45, 2.75) is 44.9 Å². The summed E-state index contributed by atoms with van der Waals surface area (Å²) in [5.41, 5.74) is 3.74. The average Bonchev–Trinajstić information content (AvgIpc) is 3.52. The smallest absolute Gasteiger partial charge is 0.224 e. The molecule has 1 aromatic carbocycles. The molecule has 4 atom stereocenters. The Morgan fingerprint density at radius 3 is 2.60 bits per heavy atom. The Morgan fingerprint density at radius 1 is 1.06 bits per heavy atom. The molecule has 3 aromatic heterocycles. The van der Waals surface area contributed by atoms with Crippen molar-refractivity contribution in [2.75, 3.05) is 23.8 Å². The molecule has 4 aromatic rings. The Labute approximate surface area is 211 Å². The van der Waals surface area contributed by atoms with Crippen molar-refractivity contribution in [3.05, 3.63) is 51.8 Å². The number of nitrogens with zero attached hydrogens (tertiary/aromatic N) is 3. The first-order valence-electron chi connectivity index (χ1n) is 11.7. The number of thiazole rings is 1. The Kier molecular flexibility index (Phi) is 6.99. The molecule has 0 bridgehead atoms. The number of para-hydroxylation sites is 1. The van der Waals surface area contributed by atoms with E-state index in [1.807, 2.05) is 31.2 Å². The van der Waals surface area contributed by atoms with Gasteiger partial charge in [0.15, 0.2) is 0 Å². The molecule has 35 heavy (non-hydrogen) atoms. The Bertz CT molecular complexity index is 1290. The van der Waals surface area contributed by atoms with Gasteiger partial charge in [-0.05, 0) is 55.8 Å². The molecule has 3 heterocycles. The SMILES string of the molecule is Cc1ccsc1CCNc1nc(C)c(-c2nc3ccccc3s2)c(NC2C[C@H](CO)[C@@H](O)[C@H]2O)n1. The molecule has 0 amide bonds.